The molecular weight excluding hydrogens is 803 g/mol. The van der Waals surface area contributed by atoms with Gasteiger partial charge in [-0.2, -0.15) is 4.98 Å². The first-order valence-electron chi connectivity index (χ1n) is 16.2. The fraction of sp³-hybridized carbons (Fsp3) is 0.324. The number of amides is 1. The van der Waals surface area contributed by atoms with Crippen molar-refractivity contribution in [2.24, 2.45) is 0 Å². The zero-order valence-electron chi connectivity index (χ0n) is 27.1. The van der Waals surface area contributed by atoms with Gasteiger partial charge in [-0.25, -0.2) is 4.98 Å². The van der Waals surface area contributed by atoms with Gasteiger partial charge in [0.25, 0.3) is 5.91 Å². The molecule has 1 aliphatic carbocycles. The molecule has 1 aliphatic heterocycles. The van der Waals surface area contributed by atoms with E-state index in [9.17, 15) is 4.79 Å². The van der Waals surface area contributed by atoms with E-state index >= 15 is 0 Å². The molecule has 2 atom stereocenters. The van der Waals surface area contributed by atoms with E-state index in [0.717, 1.165) is 37.4 Å². The number of carbonyl (C=O) groups is 1. The summed E-state index contributed by atoms with van der Waals surface area (Å²) in [6.07, 6.45) is 7.60. The number of carbonyl (C=O) groups excluding carboxylic acids is 1. The van der Waals surface area contributed by atoms with Crippen LogP contribution in [0.5, 0.6) is 5.75 Å². The number of likely N-dealkylation sites (tertiary alicyclic amines) is 1. The van der Waals surface area contributed by atoms with Gasteiger partial charge in [0.15, 0.2) is 5.82 Å². The third-order valence-corrected chi connectivity index (χ3v) is 14.5. The van der Waals surface area contributed by atoms with Gasteiger partial charge in [-0.3, -0.25) is 4.79 Å². The third kappa shape index (κ3) is 7.82. The van der Waals surface area contributed by atoms with Crippen molar-refractivity contribution in [2.75, 3.05) is 37.9 Å². The first kappa shape index (κ1) is 34.7. The molecule has 3 aromatic carbocycles. The Labute approximate surface area is 306 Å². The van der Waals surface area contributed by atoms with Crippen LogP contribution >= 0.6 is 27.5 Å². The average Bonchev–Trinajstić information content (AvgIpc) is 3.58. The predicted molar refractivity (Wildman–Crippen MR) is 194 cm³/mol. The number of nitrogens with zero attached hydrogens (tertiary/aromatic N) is 3. The van der Waals surface area contributed by atoms with E-state index in [1.807, 2.05) is 12.1 Å². The van der Waals surface area contributed by atoms with Gasteiger partial charge in [-0.15, -0.1) is 0 Å². The van der Waals surface area contributed by atoms with Crippen LogP contribution in [-0.2, 0) is 3.42 Å². The summed E-state index contributed by atoms with van der Waals surface area (Å²) in [5.74, 6) is 1.75. The van der Waals surface area contributed by atoms with E-state index in [1.165, 1.54) is 36.6 Å². The van der Waals surface area contributed by atoms with Crippen molar-refractivity contribution < 1.29 is 30.7 Å². The molecule has 3 N–H and O–H groups in total. The number of alkyl halides is 1. The zero-order valence-corrected chi connectivity index (χ0v) is 31.6. The molecule has 1 saturated heterocycles. The van der Waals surface area contributed by atoms with Crippen LogP contribution in [0.15, 0.2) is 88.1 Å². The molecule has 48 heavy (non-hydrogen) atoms. The van der Waals surface area contributed by atoms with Gasteiger partial charge >= 0.3 is 200 Å². The molecule has 0 bridgehead atoms. The Bertz CT molecular complexity index is 1750. The number of halogens is 3. The van der Waals surface area contributed by atoms with Crippen LogP contribution in [0.2, 0.25) is 5.02 Å². The molecule has 8 nitrogen and oxygen atoms in total. The number of ether oxygens (including phenoxy) is 1. The minimum absolute atomic E-state index is 0.0958. The summed E-state index contributed by atoms with van der Waals surface area (Å²) < 4.78 is 8.54. The molecule has 2 aliphatic rings. The van der Waals surface area contributed by atoms with Crippen molar-refractivity contribution in [1.82, 2.24) is 20.2 Å². The third-order valence-electron chi connectivity index (χ3n) is 9.43. The smallest absolute Gasteiger partial charge is 0.220 e. The Morgan fingerprint density at radius 1 is 1.04 bits per heavy atom. The number of hydrogen-bond acceptors (Lipinski definition) is 7. The van der Waals surface area contributed by atoms with Crippen LogP contribution in [0.3, 0.4) is 0 Å². The summed E-state index contributed by atoms with van der Waals surface area (Å²) in [5.41, 5.74) is 4.65. The second kappa shape index (κ2) is 16.0. The summed E-state index contributed by atoms with van der Waals surface area (Å²) >= 11 is 9.88. The van der Waals surface area contributed by atoms with Gasteiger partial charge in [0.2, 0.25) is 5.95 Å². The normalized spacial score (nSPS) is 20.2. The molecule has 1 aromatic heterocycles. The molecule has 2 fully saturated rings. The first-order valence-corrected chi connectivity index (χ1v) is 19.8. The van der Waals surface area contributed by atoms with Crippen LogP contribution < -0.4 is 41.9 Å². The predicted octanol–water partition coefficient (Wildman–Crippen LogP) is 5.57. The fourth-order valence-electron chi connectivity index (χ4n) is 6.94. The van der Waals surface area contributed by atoms with E-state index in [4.69, 9.17) is 16.3 Å². The number of methoxy groups -OCH3 is 1. The van der Waals surface area contributed by atoms with Crippen molar-refractivity contribution in [1.29, 1.82) is 0 Å². The topological polar surface area (TPSA) is 91.4 Å². The van der Waals surface area contributed by atoms with E-state index in [2.05, 4.69) is 98.3 Å². The number of hydrogen-bond donors (Lipinski definition) is 3. The molecule has 0 spiro atoms. The van der Waals surface area contributed by atoms with Crippen LogP contribution in [0.1, 0.15) is 59.5 Å². The summed E-state index contributed by atoms with van der Waals surface area (Å²) in [6.45, 7) is 2.24. The Hall–Kier alpha value is -3.19. The molecule has 11 heteroatoms. The molecule has 252 valence electrons. The van der Waals surface area contributed by atoms with Crippen LogP contribution in [-0.4, -0.2) is 54.1 Å². The number of piperidine rings is 1. The van der Waals surface area contributed by atoms with Crippen molar-refractivity contribution >= 4 is 56.6 Å². The van der Waals surface area contributed by atoms with Crippen molar-refractivity contribution in [2.45, 2.75) is 47.5 Å². The van der Waals surface area contributed by atoms with Gasteiger partial charge < -0.3 is 10.6 Å². The molecule has 1 amide bonds. The minimum Gasteiger partial charge on any atom is -0.220 e. The summed E-state index contributed by atoms with van der Waals surface area (Å²) in [4.78, 5) is 26.2. The molecule has 2 heterocycles. The Morgan fingerprint density at radius 3 is 2.56 bits per heavy atom. The van der Waals surface area contributed by atoms with E-state index in [-0.39, 0.29) is 27.1 Å². The van der Waals surface area contributed by atoms with Crippen LogP contribution in [0, 0.1) is 0 Å². The molecule has 1 saturated carbocycles. The van der Waals surface area contributed by atoms with Gasteiger partial charge in [0.1, 0.15) is 5.02 Å². The number of aromatic nitrogens is 2. The van der Waals surface area contributed by atoms with Crippen LogP contribution in [0.25, 0.3) is 0 Å². The Balaban J connectivity index is 1.10. The number of benzene rings is 3. The second-order valence-electron chi connectivity index (χ2n) is 12.1. The van der Waals surface area contributed by atoms with Gasteiger partial charge in [-0.1, -0.05) is 23.7 Å². The SMILES string of the molecule is CNC(=O)c1ccccc1Nc1nc(Nc2ccc(C3CCN(C4CCC([I-]/C=C/Br)(c5ccccc5)C4)CC3)cc2OC)ncc1Cl. The van der Waals surface area contributed by atoms with Crippen molar-refractivity contribution in [3.63, 3.8) is 0 Å². The second-order valence-corrected chi connectivity index (χ2v) is 16.5. The molecular formula is C37H40BrClIN6O2-. The van der Waals surface area contributed by atoms with E-state index in [1.54, 1.807) is 32.4 Å². The van der Waals surface area contributed by atoms with E-state index in [0.29, 0.717) is 43.4 Å². The zero-order chi connectivity index (χ0) is 33.5. The minimum atomic E-state index is -0.208. The fourth-order valence-corrected chi connectivity index (χ4v) is 10.7. The van der Waals surface area contributed by atoms with Crippen molar-refractivity contribution in [3.8, 4) is 5.75 Å². The quantitative estimate of drug-likeness (QED) is 0.135. The Morgan fingerprint density at radius 2 is 1.81 bits per heavy atom. The summed E-state index contributed by atoms with van der Waals surface area (Å²) in [5, 5.41) is 9.48. The molecule has 6 rings (SSSR count). The number of para-hydroxylation sites is 1. The number of nitrogens with one attached hydrogen (secondary N) is 3. The number of anilines is 4. The maximum absolute atomic E-state index is 12.4. The van der Waals surface area contributed by atoms with Gasteiger partial charge in [0.05, 0.1) is 17.4 Å². The summed E-state index contributed by atoms with van der Waals surface area (Å²) in [7, 11) is 3.28. The van der Waals surface area contributed by atoms with Gasteiger partial charge in [-0.05, 0) is 12.1 Å². The molecule has 2 unspecified atom stereocenters. The number of rotatable bonds is 11. The van der Waals surface area contributed by atoms with E-state index < -0.39 is 0 Å². The Kier molecular flexibility index (Phi) is 11.6. The average molecular weight is 843 g/mol. The maximum atomic E-state index is 12.4. The molecule has 4 aromatic rings. The summed E-state index contributed by atoms with van der Waals surface area (Å²) in [6, 6.07) is 25.4. The standard InChI is InChI=1S/C37H40BrClIN6O2/c1-41-35(47)29-10-6-7-11-31(29)43-34-30(39)24-42-36(45-34)44-32-13-12-26(22-33(32)48-2)25-15-20-46(21-16-25)28-14-17-37(23-28,40-19-18-38)27-8-4-3-5-9-27/h3-13,18-19,22,24-25,28H,14-17,20-21,23H2,1-2H3,(H,41,47)(H2,42,43,44,45)/q-1/b19-18+. The van der Waals surface area contributed by atoms with Crippen LogP contribution in [0.4, 0.5) is 23.1 Å². The first-order chi connectivity index (χ1) is 23.4. The van der Waals surface area contributed by atoms with Gasteiger partial charge in [0, 0.05) is 7.05 Å². The molecule has 0 radical (unpaired) electrons. The monoisotopic (exact) mass is 841 g/mol. The van der Waals surface area contributed by atoms with Crippen molar-refractivity contribution in [3.05, 3.63) is 110 Å².